The van der Waals surface area contributed by atoms with Gasteiger partial charge in [-0.05, 0) is 66.1 Å². The van der Waals surface area contributed by atoms with Crippen LogP contribution >= 0.6 is 23.2 Å². The highest BCUT2D eigenvalue weighted by Crippen LogP contribution is 2.34. The van der Waals surface area contributed by atoms with Crippen LogP contribution in [-0.2, 0) is 25.9 Å². The topological polar surface area (TPSA) is 61.7 Å². The summed E-state index contributed by atoms with van der Waals surface area (Å²) < 4.78 is 4.67. The van der Waals surface area contributed by atoms with Crippen molar-refractivity contribution in [1.82, 2.24) is 19.1 Å². The Bertz CT molecular complexity index is 2330. The molecule has 7 heteroatoms. The van der Waals surface area contributed by atoms with Gasteiger partial charge in [-0.25, -0.2) is 0 Å². The lowest BCUT2D eigenvalue weighted by molar-refractivity contribution is 0.368. The van der Waals surface area contributed by atoms with Crippen molar-refractivity contribution in [1.29, 1.82) is 0 Å². The fourth-order valence-corrected chi connectivity index (χ4v) is 8.06. The first-order chi connectivity index (χ1) is 24.4. The molecule has 0 spiro atoms. The molecule has 0 saturated carbocycles. The average molecular weight is 697 g/mol. The molecule has 4 aromatic heterocycles. The van der Waals surface area contributed by atoms with Crippen LogP contribution in [0.25, 0.3) is 43.6 Å². The number of nitrogens with two attached hydrogens (primary N) is 1. The summed E-state index contributed by atoms with van der Waals surface area (Å²) >= 11 is 12.7. The molecule has 50 heavy (non-hydrogen) atoms. The number of nitrogens with zero attached hydrogens (tertiary/aromatic N) is 4. The Balaban J connectivity index is 1.14. The number of halogens is 2. The molecule has 0 aliphatic rings. The van der Waals surface area contributed by atoms with E-state index >= 15 is 0 Å². The lowest BCUT2D eigenvalue weighted by Gasteiger charge is -2.29. The zero-order chi connectivity index (χ0) is 34.2. The third-order valence-corrected chi connectivity index (χ3v) is 10.5. The molecule has 4 heterocycles. The number of unbranched alkanes of at least 4 members (excludes halogenated alkanes) is 1. The molecule has 0 fully saturated rings. The summed E-state index contributed by atoms with van der Waals surface area (Å²) in [4.78, 5) is 10.1. The van der Waals surface area contributed by atoms with Crippen molar-refractivity contribution in [3.63, 3.8) is 0 Å². The number of para-hydroxylation sites is 2. The van der Waals surface area contributed by atoms with Crippen molar-refractivity contribution < 1.29 is 0 Å². The monoisotopic (exact) mass is 695 g/mol. The maximum Gasteiger partial charge on any atom is 0.0681 e. The first-order valence-corrected chi connectivity index (χ1v) is 18.1. The van der Waals surface area contributed by atoms with Gasteiger partial charge in [-0.1, -0.05) is 104 Å². The number of hydrogen-bond donors (Lipinski definition) is 1. The van der Waals surface area contributed by atoms with Gasteiger partial charge in [-0.15, -0.1) is 0 Å². The summed E-state index contributed by atoms with van der Waals surface area (Å²) in [5.41, 5.74) is 15.8. The van der Waals surface area contributed by atoms with Crippen LogP contribution in [0.3, 0.4) is 0 Å². The van der Waals surface area contributed by atoms with E-state index in [0.29, 0.717) is 25.9 Å². The van der Waals surface area contributed by atoms with Gasteiger partial charge < -0.3 is 14.9 Å². The Morgan fingerprint density at radius 3 is 1.52 bits per heavy atom. The molecule has 0 atom stereocenters. The van der Waals surface area contributed by atoms with E-state index in [1.807, 2.05) is 48.8 Å². The predicted molar refractivity (Wildman–Crippen MR) is 209 cm³/mol. The van der Waals surface area contributed by atoms with E-state index in [-0.39, 0.29) is 0 Å². The molecule has 5 nitrogen and oxygen atoms in total. The SMILES string of the molecule is CCCCC(N)(Cc1cc2c3ccccc3n(Cc3cccc(Cl)c3)c2cn1)Cc1cc2c3ccccc3n(Cc3cccc(Cl)c3)c2cn1. The van der Waals surface area contributed by atoms with Crippen LogP contribution in [-0.4, -0.2) is 24.6 Å². The predicted octanol–water partition coefficient (Wildman–Crippen LogP) is 10.8. The smallest absolute Gasteiger partial charge is 0.0681 e. The molecule has 0 amide bonds. The largest absolute Gasteiger partial charge is 0.335 e. The van der Waals surface area contributed by atoms with Gasteiger partial charge in [0, 0.05) is 85.5 Å². The van der Waals surface area contributed by atoms with E-state index in [4.69, 9.17) is 38.9 Å². The average Bonchev–Trinajstić information content (AvgIpc) is 3.59. The normalized spacial score (nSPS) is 12.2. The number of rotatable bonds is 11. The third-order valence-electron chi connectivity index (χ3n) is 9.98. The first kappa shape index (κ1) is 32.5. The second-order valence-electron chi connectivity index (χ2n) is 13.7. The Kier molecular flexibility index (Phi) is 8.82. The summed E-state index contributed by atoms with van der Waals surface area (Å²) in [5, 5.41) is 6.30. The van der Waals surface area contributed by atoms with E-state index in [2.05, 4.69) is 88.9 Å². The van der Waals surface area contributed by atoms with Crippen LogP contribution in [0.5, 0.6) is 0 Å². The van der Waals surface area contributed by atoms with Crippen LogP contribution in [0.15, 0.2) is 122 Å². The van der Waals surface area contributed by atoms with Crippen LogP contribution < -0.4 is 5.73 Å². The van der Waals surface area contributed by atoms with Crippen molar-refractivity contribution in [2.24, 2.45) is 5.73 Å². The van der Waals surface area contributed by atoms with E-state index in [1.165, 1.54) is 32.6 Å². The number of aromatic nitrogens is 4. The van der Waals surface area contributed by atoms with E-state index < -0.39 is 5.54 Å². The zero-order valence-corrected chi connectivity index (χ0v) is 29.6. The van der Waals surface area contributed by atoms with Gasteiger partial charge in [0.2, 0.25) is 0 Å². The van der Waals surface area contributed by atoms with E-state index in [9.17, 15) is 0 Å². The Labute approximate surface area is 302 Å². The van der Waals surface area contributed by atoms with E-state index in [0.717, 1.165) is 62.9 Å². The van der Waals surface area contributed by atoms with Gasteiger partial charge in [-0.3, -0.25) is 9.97 Å². The van der Waals surface area contributed by atoms with Crippen LogP contribution in [0.4, 0.5) is 0 Å². The fourth-order valence-electron chi connectivity index (χ4n) is 7.64. The molecule has 2 N–H and O–H groups in total. The van der Waals surface area contributed by atoms with Crippen molar-refractivity contribution in [2.45, 2.75) is 57.7 Å². The molecule has 250 valence electrons. The van der Waals surface area contributed by atoms with Crippen molar-refractivity contribution >= 4 is 66.8 Å². The zero-order valence-electron chi connectivity index (χ0n) is 28.1. The maximum atomic E-state index is 7.39. The summed E-state index contributed by atoms with van der Waals surface area (Å²) in [5.74, 6) is 0. The minimum Gasteiger partial charge on any atom is -0.335 e. The molecule has 0 radical (unpaired) electrons. The summed E-state index contributed by atoms with van der Waals surface area (Å²) in [6.07, 6.45) is 8.36. The molecule has 0 unspecified atom stereocenters. The van der Waals surface area contributed by atoms with Crippen LogP contribution in [0.1, 0.15) is 48.7 Å². The number of benzene rings is 4. The van der Waals surface area contributed by atoms with Crippen molar-refractivity contribution in [3.8, 4) is 0 Å². The van der Waals surface area contributed by atoms with Gasteiger partial charge in [0.25, 0.3) is 0 Å². The number of hydrogen-bond acceptors (Lipinski definition) is 3. The lowest BCUT2D eigenvalue weighted by atomic mass is 9.84. The fraction of sp³-hybridized carbons (Fsp3) is 0.209. The van der Waals surface area contributed by atoms with Crippen LogP contribution in [0, 0.1) is 0 Å². The minimum atomic E-state index is -0.504. The summed E-state index contributed by atoms with van der Waals surface area (Å²) in [6, 6.07) is 37.8. The van der Waals surface area contributed by atoms with E-state index in [1.54, 1.807) is 0 Å². The Morgan fingerprint density at radius 1 is 0.580 bits per heavy atom. The molecule has 0 aliphatic carbocycles. The van der Waals surface area contributed by atoms with Gasteiger partial charge >= 0.3 is 0 Å². The minimum absolute atomic E-state index is 0.504. The summed E-state index contributed by atoms with van der Waals surface area (Å²) in [7, 11) is 0. The van der Waals surface area contributed by atoms with Gasteiger partial charge in [0.05, 0.1) is 23.4 Å². The second kappa shape index (κ2) is 13.6. The lowest BCUT2D eigenvalue weighted by Crippen LogP contribution is -2.44. The highest BCUT2D eigenvalue weighted by Gasteiger charge is 2.28. The number of fused-ring (bicyclic) bond motifs is 6. The van der Waals surface area contributed by atoms with Crippen molar-refractivity contribution in [3.05, 3.63) is 154 Å². The Hall–Kier alpha value is -4.68. The van der Waals surface area contributed by atoms with Gasteiger partial charge in [0.15, 0.2) is 0 Å². The molecule has 8 aromatic rings. The van der Waals surface area contributed by atoms with Crippen molar-refractivity contribution in [2.75, 3.05) is 0 Å². The standard InChI is InChI=1S/C43H39Cl2N5/c1-2-3-18-43(46,23-33-21-37-35-14-4-6-16-39(35)49(41(37)25-47-33)27-29-10-8-12-31(44)19-29)24-34-22-38-36-15-5-7-17-40(36)50(42(38)26-48-34)28-30-11-9-13-32(45)20-30/h4-17,19-22,25-26H,2-3,18,23-24,27-28,46H2,1H3. The highest BCUT2D eigenvalue weighted by atomic mass is 35.5. The highest BCUT2D eigenvalue weighted by molar-refractivity contribution is 6.31. The van der Waals surface area contributed by atoms with Gasteiger partial charge in [-0.2, -0.15) is 0 Å². The molecular weight excluding hydrogens is 657 g/mol. The maximum absolute atomic E-state index is 7.39. The molecule has 8 rings (SSSR count). The Morgan fingerprint density at radius 2 is 1.06 bits per heavy atom. The second-order valence-corrected chi connectivity index (χ2v) is 14.5. The quantitative estimate of drug-likeness (QED) is 0.146. The van der Waals surface area contributed by atoms with Gasteiger partial charge in [0.1, 0.15) is 0 Å². The third kappa shape index (κ3) is 6.37. The molecule has 0 saturated heterocycles. The first-order valence-electron chi connectivity index (χ1n) is 17.4. The molecule has 0 aliphatic heterocycles. The molecule has 4 aromatic carbocycles. The molecular formula is C43H39Cl2N5. The summed E-state index contributed by atoms with van der Waals surface area (Å²) in [6.45, 7) is 3.65. The number of pyridine rings is 2. The van der Waals surface area contributed by atoms with Crippen LogP contribution in [0.2, 0.25) is 10.0 Å². The molecule has 0 bridgehead atoms.